The van der Waals surface area contributed by atoms with Crippen LogP contribution in [0.3, 0.4) is 0 Å². The lowest BCUT2D eigenvalue weighted by Crippen LogP contribution is -2.28. The summed E-state index contributed by atoms with van der Waals surface area (Å²) in [6.45, 7) is -0.0976. The number of methoxy groups -OCH3 is 3. The van der Waals surface area contributed by atoms with Crippen LogP contribution in [0.1, 0.15) is 11.1 Å². The molecule has 0 spiro atoms. The van der Waals surface area contributed by atoms with Gasteiger partial charge in [0.2, 0.25) is 0 Å². The molecule has 0 saturated heterocycles. The first-order valence-corrected chi connectivity index (χ1v) is 8.52. The average Bonchev–Trinajstić information content (AvgIpc) is 2.74. The number of amides is 1. The third kappa shape index (κ3) is 6.35. The Morgan fingerprint density at radius 1 is 0.964 bits per heavy atom. The fraction of sp³-hybridized carbons (Fsp3) is 0.238. The van der Waals surface area contributed by atoms with Gasteiger partial charge in [-0.3, -0.25) is 4.79 Å². The minimum Gasteiger partial charge on any atom is -0.497 e. The molecule has 7 nitrogen and oxygen atoms in total. The number of esters is 1. The van der Waals surface area contributed by atoms with Crippen molar-refractivity contribution >= 4 is 18.0 Å². The van der Waals surface area contributed by atoms with E-state index >= 15 is 0 Å². The smallest absolute Gasteiger partial charge is 0.331 e. The summed E-state index contributed by atoms with van der Waals surface area (Å²) in [5.41, 5.74) is 1.53. The number of para-hydroxylation sites is 1. The standard InChI is InChI=1S/C21H23NO6/c1-25-17-10-15(11-18(12-17)26-2)8-9-21(24)28-14-20(23)22-13-16-6-4-5-7-19(16)27-3/h4-12H,13-14H2,1-3H3,(H,22,23)/b9-8+. The lowest BCUT2D eigenvalue weighted by Gasteiger charge is -2.09. The molecule has 2 aromatic rings. The molecule has 0 atom stereocenters. The van der Waals surface area contributed by atoms with Gasteiger partial charge in [-0.25, -0.2) is 4.79 Å². The molecule has 0 saturated carbocycles. The van der Waals surface area contributed by atoms with E-state index in [0.29, 0.717) is 22.8 Å². The third-order valence-corrected chi connectivity index (χ3v) is 3.80. The van der Waals surface area contributed by atoms with Crippen LogP contribution in [0.4, 0.5) is 0 Å². The van der Waals surface area contributed by atoms with E-state index in [0.717, 1.165) is 5.56 Å². The van der Waals surface area contributed by atoms with E-state index in [1.807, 2.05) is 18.2 Å². The van der Waals surface area contributed by atoms with Gasteiger partial charge < -0.3 is 24.3 Å². The highest BCUT2D eigenvalue weighted by molar-refractivity contribution is 5.89. The van der Waals surface area contributed by atoms with Crippen molar-refractivity contribution < 1.29 is 28.5 Å². The van der Waals surface area contributed by atoms with Crippen LogP contribution in [0.15, 0.2) is 48.5 Å². The van der Waals surface area contributed by atoms with Gasteiger partial charge >= 0.3 is 5.97 Å². The van der Waals surface area contributed by atoms with Crippen molar-refractivity contribution in [2.75, 3.05) is 27.9 Å². The highest BCUT2D eigenvalue weighted by Crippen LogP contribution is 2.23. The molecular formula is C21H23NO6. The van der Waals surface area contributed by atoms with E-state index in [4.69, 9.17) is 18.9 Å². The zero-order chi connectivity index (χ0) is 20.4. The summed E-state index contributed by atoms with van der Waals surface area (Å²) < 4.78 is 20.5. The van der Waals surface area contributed by atoms with Crippen molar-refractivity contribution in [3.05, 3.63) is 59.7 Å². The number of rotatable bonds is 9. The van der Waals surface area contributed by atoms with E-state index in [2.05, 4.69) is 5.32 Å². The minimum atomic E-state index is -0.630. The Labute approximate surface area is 163 Å². The Hall–Kier alpha value is -3.48. The number of hydrogen-bond donors (Lipinski definition) is 1. The van der Waals surface area contributed by atoms with E-state index in [1.165, 1.54) is 6.08 Å². The predicted octanol–water partition coefficient (Wildman–Crippen LogP) is 2.59. The van der Waals surface area contributed by atoms with Gasteiger partial charge in [0, 0.05) is 24.3 Å². The molecule has 2 rings (SSSR count). The summed E-state index contributed by atoms with van der Waals surface area (Å²) in [5, 5.41) is 2.68. The van der Waals surface area contributed by atoms with Gasteiger partial charge in [0.15, 0.2) is 6.61 Å². The normalized spacial score (nSPS) is 10.4. The van der Waals surface area contributed by atoms with Crippen molar-refractivity contribution in [1.29, 1.82) is 0 Å². The second kappa shape index (κ2) is 10.6. The Kier molecular flexibility index (Phi) is 7.90. The maximum Gasteiger partial charge on any atom is 0.331 e. The molecule has 0 unspecified atom stereocenters. The zero-order valence-corrected chi connectivity index (χ0v) is 16.1. The first-order chi connectivity index (χ1) is 13.5. The highest BCUT2D eigenvalue weighted by atomic mass is 16.5. The first kappa shape index (κ1) is 20.8. The summed E-state index contributed by atoms with van der Waals surface area (Å²) in [5.74, 6) is 0.840. The molecule has 0 bridgehead atoms. The topological polar surface area (TPSA) is 83.1 Å². The number of nitrogens with one attached hydrogen (secondary N) is 1. The van der Waals surface area contributed by atoms with Crippen molar-refractivity contribution in [3.63, 3.8) is 0 Å². The van der Waals surface area contributed by atoms with Crippen LogP contribution in [0.2, 0.25) is 0 Å². The second-order valence-electron chi connectivity index (χ2n) is 5.68. The number of carbonyl (C=O) groups excluding carboxylic acids is 2. The maximum absolute atomic E-state index is 11.9. The number of carbonyl (C=O) groups is 2. The molecule has 0 aliphatic carbocycles. The summed E-state index contributed by atoms with van der Waals surface area (Å²) >= 11 is 0. The van der Waals surface area contributed by atoms with Crippen molar-refractivity contribution in [3.8, 4) is 17.2 Å². The molecule has 0 fully saturated rings. The molecule has 0 radical (unpaired) electrons. The molecule has 0 aliphatic rings. The van der Waals surface area contributed by atoms with Crippen LogP contribution in [-0.4, -0.2) is 39.8 Å². The average molecular weight is 385 g/mol. The van der Waals surface area contributed by atoms with Crippen LogP contribution < -0.4 is 19.5 Å². The molecule has 1 N–H and O–H groups in total. The van der Waals surface area contributed by atoms with Crippen LogP contribution in [0, 0.1) is 0 Å². The van der Waals surface area contributed by atoms with Crippen LogP contribution in [-0.2, 0) is 20.9 Å². The summed E-state index contributed by atoms with van der Waals surface area (Å²) in [4.78, 5) is 23.7. The monoisotopic (exact) mass is 385 g/mol. The molecule has 7 heteroatoms. The van der Waals surface area contributed by atoms with Crippen LogP contribution in [0.25, 0.3) is 6.08 Å². The second-order valence-corrected chi connectivity index (χ2v) is 5.68. The SMILES string of the molecule is COc1cc(/C=C/C(=O)OCC(=O)NCc2ccccc2OC)cc(OC)c1. The lowest BCUT2D eigenvalue weighted by atomic mass is 10.2. The summed E-state index contributed by atoms with van der Waals surface area (Å²) in [6.07, 6.45) is 2.79. The number of benzene rings is 2. The van der Waals surface area contributed by atoms with Crippen molar-refractivity contribution in [2.45, 2.75) is 6.54 Å². The Bertz CT molecular complexity index is 824. The third-order valence-electron chi connectivity index (χ3n) is 3.80. The Balaban J connectivity index is 1.83. The van der Waals surface area contributed by atoms with Gasteiger partial charge in [-0.1, -0.05) is 18.2 Å². The van der Waals surface area contributed by atoms with E-state index in [9.17, 15) is 9.59 Å². The quantitative estimate of drug-likeness (QED) is 0.528. The number of hydrogen-bond acceptors (Lipinski definition) is 6. The van der Waals surface area contributed by atoms with Gasteiger partial charge in [0.05, 0.1) is 21.3 Å². The first-order valence-electron chi connectivity index (χ1n) is 8.52. The minimum absolute atomic E-state index is 0.278. The molecule has 0 aliphatic heterocycles. The lowest BCUT2D eigenvalue weighted by molar-refractivity contribution is -0.143. The van der Waals surface area contributed by atoms with Gasteiger partial charge in [-0.2, -0.15) is 0 Å². The maximum atomic E-state index is 11.9. The van der Waals surface area contributed by atoms with Crippen molar-refractivity contribution in [1.82, 2.24) is 5.32 Å². The molecule has 28 heavy (non-hydrogen) atoms. The highest BCUT2D eigenvalue weighted by Gasteiger charge is 2.07. The van der Waals surface area contributed by atoms with E-state index in [-0.39, 0.29) is 13.2 Å². The van der Waals surface area contributed by atoms with Gasteiger partial charge in [-0.05, 0) is 29.8 Å². The van der Waals surface area contributed by atoms with Crippen LogP contribution >= 0.6 is 0 Å². The summed E-state index contributed by atoms with van der Waals surface area (Å²) in [7, 11) is 4.65. The fourth-order valence-electron chi connectivity index (χ4n) is 2.37. The number of ether oxygens (including phenoxy) is 4. The Morgan fingerprint density at radius 3 is 2.29 bits per heavy atom. The van der Waals surface area contributed by atoms with Gasteiger partial charge in [0.25, 0.3) is 5.91 Å². The predicted molar refractivity (Wildman–Crippen MR) is 104 cm³/mol. The van der Waals surface area contributed by atoms with Gasteiger partial charge in [0.1, 0.15) is 17.2 Å². The molecule has 148 valence electrons. The molecule has 0 aromatic heterocycles. The molecule has 0 heterocycles. The molecule has 2 aromatic carbocycles. The van der Waals surface area contributed by atoms with E-state index in [1.54, 1.807) is 51.7 Å². The molecule has 1 amide bonds. The van der Waals surface area contributed by atoms with Gasteiger partial charge in [-0.15, -0.1) is 0 Å². The zero-order valence-electron chi connectivity index (χ0n) is 16.1. The molecular weight excluding hydrogens is 362 g/mol. The largest absolute Gasteiger partial charge is 0.497 e. The fourth-order valence-corrected chi connectivity index (χ4v) is 2.37. The van der Waals surface area contributed by atoms with E-state index < -0.39 is 11.9 Å². The Morgan fingerprint density at radius 2 is 1.64 bits per heavy atom. The van der Waals surface area contributed by atoms with Crippen molar-refractivity contribution in [2.24, 2.45) is 0 Å². The van der Waals surface area contributed by atoms with Crippen LogP contribution in [0.5, 0.6) is 17.2 Å². The summed E-state index contributed by atoms with van der Waals surface area (Å²) in [6, 6.07) is 12.6.